The summed E-state index contributed by atoms with van der Waals surface area (Å²) in [5, 5.41) is 2.91. The molecule has 1 aromatic carbocycles. The molecule has 0 fully saturated rings. The van der Waals surface area contributed by atoms with Crippen LogP contribution < -0.4 is 5.32 Å². The molecule has 0 atom stereocenters. The van der Waals surface area contributed by atoms with Crippen LogP contribution >= 0.6 is 11.6 Å². The predicted octanol–water partition coefficient (Wildman–Crippen LogP) is 4.38. The van der Waals surface area contributed by atoms with E-state index in [9.17, 15) is 9.18 Å². The van der Waals surface area contributed by atoms with Gasteiger partial charge in [0.15, 0.2) is 5.76 Å². The second-order valence-corrected chi connectivity index (χ2v) is 5.96. The molecule has 0 saturated carbocycles. The number of furan rings is 1. The Morgan fingerprint density at radius 3 is 2.72 bits per heavy atom. The van der Waals surface area contributed by atoms with E-state index in [1.807, 2.05) is 18.2 Å². The van der Waals surface area contributed by atoms with Gasteiger partial charge < -0.3 is 9.73 Å². The molecule has 0 saturated heterocycles. The molecule has 0 unspecified atom stereocenters. The summed E-state index contributed by atoms with van der Waals surface area (Å²) in [6.07, 6.45) is 4.03. The summed E-state index contributed by atoms with van der Waals surface area (Å²) in [5.74, 6) is 0.124. The highest BCUT2D eigenvalue weighted by molar-refractivity contribution is 6.30. The smallest absolute Gasteiger partial charge is 0.220 e. The number of nitrogens with one attached hydrogen (secondary N) is 1. The van der Waals surface area contributed by atoms with Gasteiger partial charge in [-0.2, -0.15) is 0 Å². The highest BCUT2D eigenvalue weighted by Gasteiger charge is 2.06. The van der Waals surface area contributed by atoms with E-state index in [0.29, 0.717) is 18.7 Å². The zero-order valence-corrected chi connectivity index (χ0v) is 14.1. The first-order valence-electron chi connectivity index (χ1n) is 7.81. The number of amides is 1. The number of benzene rings is 1. The highest BCUT2D eigenvalue weighted by atomic mass is 35.5. The second kappa shape index (κ2) is 7.94. The highest BCUT2D eigenvalue weighted by Crippen LogP contribution is 2.18. The fourth-order valence-corrected chi connectivity index (χ4v) is 2.46. The van der Waals surface area contributed by atoms with E-state index in [-0.39, 0.29) is 17.4 Å². The molecule has 3 rings (SSSR count). The van der Waals surface area contributed by atoms with Crippen LogP contribution in [0.15, 0.2) is 59.3 Å². The summed E-state index contributed by atoms with van der Waals surface area (Å²) in [5.41, 5.74) is 2.37. The maximum absolute atomic E-state index is 13.4. The monoisotopic (exact) mass is 358 g/mol. The number of halogens is 2. The number of pyridine rings is 1. The first-order chi connectivity index (χ1) is 12.1. The second-order valence-electron chi connectivity index (χ2n) is 5.55. The first-order valence-corrected chi connectivity index (χ1v) is 8.19. The Bertz CT molecular complexity index is 848. The lowest BCUT2D eigenvalue weighted by Gasteiger charge is -2.06. The van der Waals surface area contributed by atoms with E-state index in [0.717, 1.165) is 16.8 Å². The van der Waals surface area contributed by atoms with Gasteiger partial charge in [0.05, 0.1) is 11.3 Å². The van der Waals surface area contributed by atoms with Crippen molar-refractivity contribution in [2.24, 2.45) is 0 Å². The Kier molecular flexibility index (Phi) is 5.46. The summed E-state index contributed by atoms with van der Waals surface area (Å²) >= 11 is 5.64. The van der Waals surface area contributed by atoms with E-state index in [2.05, 4.69) is 10.3 Å². The fourth-order valence-electron chi connectivity index (χ4n) is 2.34. The van der Waals surface area contributed by atoms with Gasteiger partial charge in [-0.05, 0) is 47.9 Å². The Balaban J connectivity index is 1.48. The minimum absolute atomic E-state index is 0.0821. The van der Waals surface area contributed by atoms with Crippen LogP contribution in [0.5, 0.6) is 0 Å². The molecular weight excluding hydrogens is 343 g/mol. The number of carbonyl (C=O) groups is 1. The molecule has 0 spiro atoms. The maximum Gasteiger partial charge on any atom is 0.220 e. The van der Waals surface area contributed by atoms with Crippen molar-refractivity contribution in [2.75, 3.05) is 0 Å². The molecule has 2 heterocycles. The molecule has 6 heteroatoms. The van der Waals surface area contributed by atoms with Crippen molar-refractivity contribution in [2.45, 2.75) is 19.4 Å². The lowest BCUT2D eigenvalue weighted by atomic mass is 10.1. The lowest BCUT2D eigenvalue weighted by molar-refractivity contribution is -0.121. The normalized spacial score (nSPS) is 10.6. The SMILES string of the molecule is O=C(CCc1ccc(Cl)c(F)c1)NCc1ccc(-c2ccco2)nc1. The van der Waals surface area contributed by atoms with Crippen LogP contribution in [0.1, 0.15) is 17.5 Å². The molecule has 4 nitrogen and oxygen atoms in total. The van der Waals surface area contributed by atoms with Crippen LogP contribution in [-0.2, 0) is 17.8 Å². The van der Waals surface area contributed by atoms with Crippen LogP contribution in [0.3, 0.4) is 0 Å². The van der Waals surface area contributed by atoms with Crippen LogP contribution in [-0.4, -0.2) is 10.9 Å². The van der Waals surface area contributed by atoms with E-state index in [1.54, 1.807) is 24.6 Å². The van der Waals surface area contributed by atoms with E-state index in [1.165, 1.54) is 12.1 Å². The van der Waals surface area contributed by atoms with Crippen molar-refractivity contribution in [1.29, 1.82) is 0 Å². The van der Waals surface area contributed by atoms with E-state index < -0.39 is 5.82 Å². The Morgan fingerprint density at radius 2 is 2.04 bits per heavy atom. The number of hydrogen-bond donors (Lipinski definition) is 1. The number of carbonyl (C=O) groups excluding carboxylic acids is 1. The molecule has 0 aliphatic rings. The van der Waals surface area contributed by atoms with Crippen molar-refractivity contribution < 1.29 is 13.6 Å². The Labute approximate surface area is 149 Å². The van der Waals surface area contributed by atoms with Gasteiger partial charge in [-0.3, -0.25) is 9.78 Å². The first kappa shape index (κ1) is 17.2. The van der Waals surface area contributed by atoms with Crippen molar-refractivity contribution in [3.8, 4) is 11.5 Å². The van der Waals surface area contributed by atoms with Gasteiger partial charge in [0, 0.05) is 19.2 Å². The minimum atomic E-state index is -0.470. The van der Waals surface area contributed by atoms with Gasteiger partial charge in [-0.15, -0.1) is 0 Å². The molecule has 128 valence electrons. The third kappa shape index (κ3) is 4.67. The van der Waals surface area contributed by atoms with Crippen LogP contribution in [0.2, 0.25) is 5.02 Å². The summed E-state index contributed by atoms with van der Waals surface area (Å²) < 4.78 is 18.6. The molecule has 1 N–H and O–H groups in total. The zero-order valence-electron chi connectivity index (χ0n) is 13.3. The van der Waals surface area contributed by atoms with Gasteiger partial charge in [0.25, 0.3) is 0 Å². The summed E-state index contributed by atoms with van der Waals surface area (Å²) in [6.45, 7) is 0.388. The molecule has 25 heavy (non-hydrogen) atoms. The van der Waals surface area contributed by atoms with Gasteiger partial charge in [0.1, 0.15) is 11.5 Å². The standard InChI is InChI=1S/C19H16ClFN2O2/c20-15-6-3-13(10-16(15)21)5-8-19(24)23-12-14-4-7-17(22-11-14)18-2-1-9-25-18/h1-4,6-7,9-11H,5,8,12H2,(H,23,24). The fraction of sp³-hybridized carbons (Fsp3) is 0.158. The van der Waals surface area contributed by atoms with Gasteiger partial charge in [-0.25, -0.2) is 4.39 Å². The van der Waals surface area contributed by atoms with E-state index >= 15 is 0 Å². The van der Waals surface area contributed by atoms with Crippen molar-refractivity contribution in [3.05, 3.63) is 76.9 Å². The van der Waals surface area contributed by atoms with Gasteiger partial charge in [0.2, 0.25) is 5.91 Å². The third-order valence-corrected chi connectivity index (χ3v) is 4.02. The molecule has 0 aliphatic heterocycles. The maximum atomic E-state index is 13.4. The third-order valence-electron chi connectivity index (χ3n) is 3.71. The topological polar surface area (TPSA) is 55.1 Å². The predicted molar refractivity (Wildman–Crippen MR) is 93.5 cm³/mol. The zero-order chi connectivity index (χ0) is 17.6. The minimum Gasteiger partial charge on any atom is -0.463 e. The van der Waals surface area contributed by atoms with Crippen LogP contribution in [0, 0.1) is 5.82 Å². The number of nitrogens with zero attached hydrogens (tertiary/aromatic N) is 1. The number of aryl methyl sites for hydroxylation is 1. The molecule has 1 amide bonds. The van der Waals surface area contributed by atoms with Crippen LogP contribution in [0.25, 0.3) is 11.5 Å². The van der Waals surface area contributed by atoms with Gasteiger partial charge >= 0.3 is 0 Å². The molecule has 0 aliphatic carbocycles. The molecule has 0 radical (unpaired) electrons. The molecular formula is C19H16ClFN2O2. The summed E-state index contributed by atoms with van der Waals surface area (Å²) in [6, 6.07) is 11.9. The quantitative estimate of drug-likeness (QED) is 0.711. The number of rotatable bonds is 6. The number of hydrogen-bond acceptors (Lipinski definition) is 3. The molecule has 3 aromatic rings. The Hall–Kier alpha value is -2.66. The largest absolute Gasteiger partial charge is 0.463 e. The Morgan fingerprint density at radius 1 is 1.20 bits per heavy atom. The van der Waals surface area contributed by atoms with Gasteiger partial charge in [-0.1, -0.05) is 23.7 Å². The number of aromatic nitrogens is 1. The van der Waals surface area contributed by atoms with Crippen molar-refractivity contribution in [1.82, 2.24) is 10.3 Å². The summed E-state index contributed by atoms with van der Waals surface area (Å²) in [7, 11) is 0. The average Bonchev–Trinajstić information content (AvgIpc) is 3.16. The lowest BCUT2D eigenvalue weighted by Crippen LogP contribution is -2.23. The molecule has 0 bridgehead atoms. The molecule has 2 aromatic heterocycles. The van der Waals surface area contributed by atoms with E-state index in [4.69, 9.17) is 16.0 Å². The summed E-state index contributed by atoms with van der Waals surface area (Å²) in [4.78, 5) is 16.2. The van der Waals surface area contributed by atoms with Crippen molar-refractivity contribution >= 4 is 17.5 Å². The average molecular weight is 359 g/mol. The van der Waals surface area contributed by atoms with Crippen LogP contribution in [0.4, 0.5) is 4.39 Å². The van der Waals surface area contributed by atoms with Crippen molar-refractivity contribution in [3.63, 3.8) is 0 Å².